The number of carboxylic acid groups (broad SMARTS) is 1. The van der Waals surface area contributed by atoms with Crippen LogP contribution in [0.1, 0.15) is 17.5 Å². The molecular weight excluding hydrogens is 294 g/mol. The van der Waals surface area contributed by atoms with E-state index in [0.717, 1.165) is 6.42 Å². The molecule has 4 rings (SSSR count). The molecule has 1 aliphatic carbocycles. The van der Waals surface area contributed by atoms with Gasteiger partial charge in [0, 0.05) is 32.7 Å². The van der Waals surface area contributed by atoms with Gasteiger partial charge >= 0.3 is 12.1 Å². The molecule has 0 radical (unpaired) electrons. The van der Waals surface area contributed by atoms with Gasteiger partial charge in [-0.3, -0.25) is 0 Å². The predicted octanol–water partition coefficient (Wildman–Crippen LogP) is 1.96. The number of amides is 3. The Kier molecular flexibility index (Phi) is 3.39. The Balaban J connectivity index is 1.19. The number of piperidine rings is 1. The van der Waals surface area contributed by atoms with Crippen molar-refractivity contribution in [2.24, 2.45) is 17.8 Å². The van der Waals surface area contributed by atoms with Crippen molar-refractivity contribution in [2.45, 2.75) is 19.5 Å². The summed E-state index contributed by atoms with van der Waals surface area (Å²) in [4.78, 5) is 26.5. The van der Waals surface area contributed by atoms with Crippen LogP contribution in [0.25, 0.3) is 0 Å². The number of fused-ring (bicyclic) bond motifs is 2. The first kappa shape index (κ1) is 14.4. The molecule has 1 aromatic carbocycles. The van der Waals surface area contributed by atoms with Crippen molar-refractivity contribution in [1.82, 2.24) is 15.1 Å². The molecular formula is C17H21N3O3. The standard InChI is InChI=1S/C17H21N3O3/c21-16(19-7-11-3-1-2-4-12(11)8-19)18-6-5-13-14-9-20(17(22)23)10-15(13)14/h1-4,13-15H,5-10H2,(H,18,21)(H,22,23). The molecule has 3 amide bonds. The highest BCUT2D eigenvalue weighted by Crippen LogP contribution is 2.53. The third kappa shape index (κ3) is 2.62. The molecule has 23 heavy (non-hydrogen) atoms. The van der Waals surface area contributed by atoms with E-state index in [1.807, 2.05) is 17.0 Å². The first-order valence-electron chi connectivity index (χ1n) is 8.21. The van der Waals surface area contributed by atoms with Crippen molar-refractivity contribution in [3.63, 3.8) is 0 Å². The molecule has 2 N–H and O–H groups in total. The van der Waals surface area contributed by atoms with Crippen molar-refractivity contribution in [2.75, 3.05) is 19.6 Å². The minimum Gasteiger partial charge on any atom is -0.465 e. The Morgan fingerprint density at radius 1 is 1.09 bits per heavy atom. The lowest BCUT2D eigenvalue weighted by Crippen LogP contribution is -2.37. The molecule has 0 aromatic heterocycles. The van der Waals surface area contributed by atoms with Gasteiger partial charge in [-0.25, -0.2) is 9.59 Å². The van der Waals surface area contributed by atoms with E-state index in [2.05, 4.69) is 17.4 Å². The zero-order valence-corrected chi connectivity index (χ0v) is 12.9. The van der Waals surface area contributed by atoms with Crippen molar-refractivity contribution >= 4 is 12.1 Å². The summed E-state index contributed by atoms with van der Waals surface area (Å²) in [5.41, 5.74) is 2.46. The lowest BCUT2D eigenvalue weighted by Gasteiger charge is -2.18. The summed E-state index contributed by atoms with van der Waals surface area (Å²) in [5.74, 6) is 1.61. The van der Waals surface area contributed by atoms with Gasteiger partial charge in [-0.15, -0.1) is 0 Å². The molecule has 122 valence electrons. The zero-order chi connectivity index (χ0) is 16.0. The molecule has 2 aliphatic heterocycles. The molecule has 6 nitrogen and oxygen atoms in total. The van der Waals surface area contributed by atoms with Crippen LogP contribution >= 0.6 is 0 Å². The van der Waals surface area contributed by atoms with Crippen LogP contribution in [0.5, 0.6) is 0 Å². The van der Waals surface area contributed by atoms with Gasteiger partial charge in [0.25, 0.3) is 0 Å². The molecule has 2 heterocycles. The Morgan fingerprint density at radius 2 is 1.70 bits per heavy atom. The Morgan fingerprint density at radius 3 is 2.26 bits per heavy atom. The molecule has 1 saturated heterocycles. The summed E-state index contributed by atoms with van der Waals surface area (Å²) < 4.78 is 0. The smallest absolute Gasteiger partial charge is 0.407 e. The number of benzene rings is 1. The van der Waals surface area contributed by atoms with E-state index in [4.69, 9.17) is 5.11 Å². The Bertz CT molecular complexity index is 611. The van der Waals surface area contributed by atoms with Gasteiger partial charge in [0.05, 0.1) is 0 Å². The van der Waals surface area contributed by atoms with E-state index >= 15 is 0 Å². The second-order valence-corrected chi connectivity index (χ2v) is 6.82. The van der Waals surface area contributed by atoms with Crippen LogP contribution in [0, 0.1) is 17.8 Å². The molecule has 2 unspecified atom stereocenters. The van der Waals surface area contributed by atoms with Gasteiger partial charge in [0.1, 0.15) is 0 Å². The fourth-order valence-electron chi connectivity index (χ4n) is 4.17. The average molecular weight is 315 g/mol. The van der Waals surface area contributed by atoms with Gasteiger partial charge in [0.2, 0.25) is 0 Å². The number of likely N-dealkylation sites (tertiary alicyclic amines) is 1. The number of hydrogen-bond acceptors (Lipinski definition) is 2. The highest BCUT2D eigenvalue weighted by Gasteiger charge is 2.55. The Labute approximate surface area is 135 Å². The Hall–Kier alpha value is -2.24. The van der Waals surface area contributed by atoms with Crippen molar-refractivity contribution in [1.29, 1.82) is 0 Å². The average Bonchev–Trinajstić information content (AvgIpc) is 2.96. The summed E-state index contributed by atoms with van der Waals surface area (Å²) in [6.45, 7) is 3.38. The molecule has 1 saturated carbocycles. The van der Waals surface area contributed by atoms with E-state index in [1.54, 1.807) is 0 Å². The lowest BCUT2D eigenvalue weighted by molar-refractivity contribution is 0.148. The number of hydrogen-bond donors (Lipinski definition) is 2. The first-order valence-corrected chi connectivity index (χ1v) is 8.21. The van der Waals surface area contributed by atoms with Crippen LogP contribution in [-0.4, -0.2) is 46.7 Å². The molecule has 2 atom stereocenters. The van der Waals surface area contributed by atoms with Crippen LogP contribution in [-0.2, 0) is 13.1 Å². The highest BCUT2D eigenvalue weighted by atomic mass is 16.4. The number of nitrogens with one attached hydrogen (secondary N) is 1. The van der Waals surface area contributed by atoms with Gasteiger partial charge in [-0.05, 0) is 35.3 Å². The van der Waals surface area contributed by atoms with E-state index in [1.165, 1.54) is 16.0 Å². The monoisotopic (exact) mass is 315 g/mol. The third-order valence-corrected chi connectivity index (χ3v) is 5.52. The van der Waals surface area contributed by atoms with Crippen LogP contribution in [0.2, 0.25) is 0 Å². The highest BCUT2D eigenvalue weighted by molar-refractivity contribution is 5.75. The molecule has 0 bridgehead atoms. The summed E-state index contributed by atoms with van der Waals surface area (Å²) in [7, 11) is 0. The van der Waals surface area contributed by atoms with Crippen molar-refractivity contribution in [3.8, 4) is 0 Å². The van der Waals surface area contributed by atoms with E-state index in [9.17, 15) is 9.59 Å². The maximum atomic E-state index is 12.2. The number of carbonyl (C=O) groups is 2. The number of urea groups is 1. The second-order valence-electron chi connectivity index (χ2n) is 6.82. The normalized spacial score (nSPS) is 27.6. The maximum Gasteiger partial charge on any atom is 0.407 e. The maximum absolute atomic E-state index is 12.2. The molecule has 1 aromatic rings. The quantitative estimate of drug-likeness (QED) is 0.895. The summed E-state index contributed by atoms with van der Waals surface area (Å²) in [6.07, 6.45) is 0.146. The second kappa shape index (κ2) is 5.44. The SMILES string of the molecule is O=C(O)N1CC2C(CCNC(=O)N3Cc4ccccc4C3)C2C1. The van der Waals surface area contributed by atoms with Crippen molar-refractivity contribution in [3.05, 3.63) is 35.4 Å². The molecule has 6 heteroatoms. The first-order chi connectivity index (χ1) is 11.1. The van der Waals surface area contributed by atoms with Gasteiger partial charge in [0.15, 0.2) is 0 Å². The number of carbonyl (C=O) groups excluding carboxylic acids is 1. The fraction of sp³-hybridized carbons (Fsp3) is 0.529. The van der Waals surface area contributed by atoms with Crippen LogP contribution in [0.3, 0.4) is 0 Å². The lowest BCUT2D eigenvalue weighted by atomic mass is 10.1. The van der Waals surface area contributed by atoms with E-state index in [0.29, 0.717) is 50.5 Å². The van der Waals surface area contributed by atoms with Gasteiger partial charge < -0.3 is 20.2 Å². The number of nitrogens with zero attached hydrogens (tertiary/aromatic N) is 2. The summed E-state index contributed by atoms with van der Waals surface area (Å²) in [6, 6.07) is 8.16. The minimum absolute atomic E-state index is 0.000767. The van der Waals surface area contributed by atoms with Gasteiger partial charge in [-0.1, -0.05) is 24.3 Å². The fourth-order valence-corrected chi connectivity index (χ4v) is 4.17. The van der Waals surface area contributed by atoms with Crippen molar-refractivity contribution < 1.29 is 14.7 Å². The third-order valence-electron chi connectivity index (χ3n) is 5.52. The van der Waals surface area contributed by atoms with Crippen LogP contribution < -0.4 is 5.32 Å². The van der Waals surface area contributed by atoms with E-state index < -0.39 is 6.09 Å². The zero-order valence-electron chi connectivity index (χ0n) is 12.9. The van der Waals surface area contributed by atoms with Gasteiger partial charge in [-0.2, -0.15) is 0 Å². The number of rotatable bonds is 3. The largest absolute Gasteiger partial charge is 0.465 e. The van der Waals surface area contributed by atoms with Crippen LogP contribution in [0.4, 0.5) is 9.59 Å². The molecule has 3 aliphatic rings. The van der Waals surface area contributed by atoms with Crippen LogP contribution in [0.15, 0.2) is 24.3 Å². The predicted molar refractivity (Wildman–Crippen MR) is 83.8 cm³/mol. The molecule has 2 fully saturated rings. The topological polar surface area (TPSA) is 72.9 Å². The van der Waals surface area contributed by atoms with E-state index in [-0.39, 0.29) is 6.03 Å². The summed E-state index contributed by atoms with van der Waals surface area (Å²) in [5, 5.41) is 12.0. The summed E-state index contributed by atoms with van der Waals surface area (Å²) >= 11 is 0. The minimum atomic E-state index is -0.808. The molecule has 0 spiro atoms.